The van der Waals surface area contributed by atoms with Crippen LogP contribution in [-0.4, -0.2) is 99.1 Å². The molecule has 133 valence electrons. The molecule has 0 amide bonds. The van der Waals surface area contributed by atoms with Gasteiger partial charge >= 0.3 is 33.3 Å². The molecule has 2 saturated heterocycles. The van der Waals surface area contributed by atoms with E-state index in [1.807, 2.05) is 0 Å². The Hall–Kier alpha value is 0.939. The van der Waals surface area contributed by atoms with Gasteiger partial charge in [-0.1, -0.05) is 0 Å². The van der Waals surface area contributed by atoms with Crippen LogP contribution in [0.2, 0.25) is 0 Å². The predicted octanol–water partition coefficient (Wildman–Crippen LogP) is 2.03. The predicted molar refractivity (Wildman–Crippen MR) is 93.4 cm³/mol. The van der Waals surface area contributed by atoms with Gasteiger partial charge in [0.05, 0.1) is 0 Å². The van der Waals surface area contributed by atoms with Crippen LogP contribution >= 0.6 is 20.2 Å². The first-order chi connectivity index (χ1) is 10.7. The molecule has 0 saturated carbocycles. The molecular formula is C15H32Cl2MnN4. The fourth-order valence-electron chi connectivity index (χ4n) is 3.17. The van der Waals surface area contributed by atoms with E-state index in [4.69, 9.17) is 20.2 Å². The Morgan fingerprint density at radius 1 is 0.545 bits per heavy atom. The summed E-state index contributed by atoms with van der Waals surface area (Å²) >= 11 is 0.00694. The molecule has 2 aliphatic heterocycles. The average molecular weight is 394 g/mol. The fourth-order valence-corrected chi connectivity index (χ4v) is 3.17. The summed E-state index contributed by atoms with van der Waals surface area (Å²) in [7, 11) is 14.1. The molecule has 0 N–H and O–H groups in total. The minimum atomic E-state index is 0.00694. The van der Waals surface area contributed by atoms with Crippen LogP contribution in [0.5, 0.6) is 0 Å². The molecule has 0 aromatic heterocycles. The second kappa shape index (κ2) is 13.3. The summed E-state index contributed by atoms with van der Waals surface area (Å²) in [5.41, 5.74) is 0. The summed E-state index contributed by atoms with van der Waals surface area (Å²) in [6.45, 7) is 12.6. The van der Waals surface area contributed by atoms with E-state index in [1.165, 1.54) is 84.7 Å². The molecule has 2 heterocycles. The standard InChI is InChI=1S/C15H32N4.2ClH.Mn/c1-16-6-3-8-19-11-5-10-18(14-12-16)9-4-7-17(2)13-15-19;;;/h3-15H2,1-2H3;2*1H;/q;;;+2/p-2. The SMILES string of the molecule is CN1CCCN2CCCN(CCCN(C)CC2)CC1.[Cl][Mn][Cl]. The van der Waals surface area contributed by atoms with Gasteiger partial charge in [-0.15, -0.1) is 0 Å². The Kier molecular flexibility index (Phi) is 12.6. The van der Waals surface area contributed by atoms with Crippen molar-refractivity contribution in [1.29, 1.82) is 0 Å². The van der Waals surface area contributed by atoms with Gasteiger partial charge in [0.15, 0.2) is 0 Å². The van der Waals surface area contributed by atoms with E-state index in [2.05, 4.69) is 33.7 Å². The summed E-state index contributed by atoms with van der Waals surface area (Å²) < 4.78 is 0. The molecule has 2 rings (SSSR count). The van der Waals surface area contributed by atoms with E-state index >= 15 is 0 Å². The van der Waals surface area contributed by atoms with Crippen LogP contribution in [0.4, 0.5) is 0 Å². The topological polar surface area (TPSA) is 13.0 Å². The van der Waals surface area contributed by atoms with Crippen molar-refractivity contribution in [1.82, 2.24) is 19.6 Å². The van der Waals surface area contributed by atoms with Gasteiger partial charge in [0.1, 0.15) is 0 Å². The van der Waals surface area contributed by atoms with Gasteiger partial charge in [0, 0.05) is 26.2 Å². The summed E-state index contributed by atoms with van der Waals surface area (Å²) in [6.07, 6.45) is 3.98. The van der Waals surface area contributed by atoms with Crippen LogP contribution < -0.4 is 0 Å². The van der Waals surface area contributed by atoms with E-state index in [-0.39, 0.29) is 13.1 Å². The zero-order chi connectivity index (χ0) is 16.2. The molecule has 2 bridgehead atoms. The van der Waals surface area contributed by atoms with Gasteiger partial charge in [-0.05, 0) is 72.6 Å². The van der Waals surface area contributed by atoms with E-state index < -0.39 is 0 Å². The number of nitrogens with zero attached hydrogens (tertiary/aromatic N) is 4. The normalized spacial score (nSPS) is 30.0. The van der Waals surface area contributed by atoms with E-state index in [1.54, 1.807) is 0 Å². The first kappa shape index (κ1) is 21.0. The van der Waals surface area contributed by atoms with Crippen LogP contribution in [0.25, 0.3) is 0 Å². The first-order valence-corrected chi connectivity index (χ1v) is 11.6. The number of likely N-dealkylation sites (N-methyl/N-ethyl adjacent to an activating group) is 2. The molecule has 0 aromatic carbocycles. The van der Waals surface area contributed by atoms with Crippen molar-refractivity contribution in [3.63, 3.8) is 0 Å². The van der Waals surface area contributed by atoms with E-state index in [0.29, 0.717) is 0 Å². The molecule has 0 radical (unpaired) electrons. The number of rotatable bonds is 0. The fraction of sp³-hybridized carbons (Fsp3) is 1.00. The van der Waals surface area contributed by atoms with Crippen LogP contribution in [-0.2, 0) is 13.1 Å². The van der Waals surface area contributed by atoms with Crippen molar-refractivity contribution >= 4 is 20.2 Å². The maximum atomic E-state index is 4.80. The van der Waals surface area contributed by atoms with Gasteiger partial charge in [0.25, 0.3) is 0 Å². The van der Waals surface area contributed by atoms with Gasteiger partial charge in [-0.25, -0.2) is 0 Å². The summed E-state index contributed by atoms with van der Waals surface area (Å²) in [6, 6.07) is 0. The molecule has 0 spiro atoms. The van der Waals surface area contributed by atoms with Crippen molar-refractivity contribution in [2.24, 2.45) is 0 Å². The van der Waals surface area contributed by atoms with Crippen LogP contribution in [0.1, 0.15) is 19.3 Å². The quantitative estimate of drug-likeness (QED) is 0.583. The second-order valence-electron chi connectivity index (χ2n) is 6.40. The summed E-state index contributed by atoms with van der Waals surface area (Å²) in [5, 5.41) is 0. The zero-order valence-electron chi connectivity index (χ0n) is 14.1. The Bertz CT molecular complexity index is 250. The third-order valence-electron chi connectivity index (χ3n) is 4.57. The molecule has 0 aliphatic carbocycles. The Morgan fingerprint density at radius 3 is 1.23 bits per heavy atom. The molecule has 0 aromatic rings. The third kappa shape index (κ3) is 9.94. The van der Waals surface area contributed by atoms with E-state index in [9.17, 15) is 0 Å². The van der Waals surface area contributed by atoms with E-state index in [0.717, 1.165) is 0 Å². The van der Waals surface area contributed by atoms with Crippen molar-refractivity contribution in [3.05, 3.63) is 0 Å². The van der Waals surface area contributed by atoms with Crippen molar-refractivity contribution in [3.8, 4) is 0 Å². The molecular weight excluding hydrogens is 362 g/mol. The van der Waals surface area contributed by atoms with Gasteiger partial charge in [0.2, 0.25) is 0 Å². The van der Waals surface area contributed by atoms with Crippen LogP contribution in [0, 0.1) is 0 Å². The van der Waals surface area contributed by atoms with Gasteiger partial charge < -0.3 is 19.6 Å². The first-order valence-electron chi connectivity index (χ1n) is 8.34. The number of hydrogen-bond acceptors (Lipinski definition) is 4. The van der Waals surface area contributed by atoms with Crippen LogP contribution in [0.3, 0.4) is 0 Å². The monoisotopic (exact) mass is 393 g/mol. The molecule has 22 heavy (non-hydrogen) atoms. The third-order valence-corrected chi connectivity index (χ3v) is 4.57. The molecule has 4 nitrogen and oxygen atoms in total. The number of fused-ring (bicyclic) bond motifs is 4. The van der Waals surface area contributed by atoms with Gasteiger partial charge in [-0.3, -0.25) is 0 Å². The van der Waals surface area contributed by atoms with Crippen molar-refractivity contribution in [2.45, 2.75) is 19.3 Å². The summed E-state index contributed by atoms with van der Waals surface area (Å²) in [4.78, 5) is 10.4. The molecule has 2 aliphatic rings. The molecule has 2 atom stereocenters. The maximum absolute atomic E-state index is 4.80. The number of hydrogen-bond donors (Lipinski definition) is 0. The Balaban J connectivity index is 0.000000745. The van der Waals surface area contributed by atoms with Crippen LogP contribution in [0.15, 0.2) is 0 Å². The molecule has 7 heteroatoms. The minimum absolute atomic E-state index is 0.00694. The average Bonchev–Trinajstić information content (AvgIpc) is 2.55. The van der Waals surface area contributed by atoms with Crippen molar-refractivity contribution in [2.75, 3.05) is 79.5 Å². The molecule has 2 unspecified atom stereocenters. The Morgan fingerprint density at radius 2 is 0.864 bits per heavy atom. The summed E-state index contributed by atoms with van der Waals surface area (Å²) in [5.74, 6) is 0. The van der Waals surface area contributed by atoms with Crippen molar-refractivity contribution < 1.29 is 13.1 Å². The number of halogens is 2. The zero-order valence-corrected chi connectivity index (χ0v) is 16.8. The second-order valence-corrected chi connectivity index (χ2v) is 8.35. The molecule has 2 fully saturated rings. The Labute approximate surface area is 151 Å². The van der Waals surface area contributed by atoms with Gasteiger partial charge in [-0.2, -0.15) is 0 Å².